The van der Waals surface area contributed by atoms with E-state index in [1.165, 1.54) is 5.57 Å². The van der Waals surface area contributed by atoms with Crippen LogP contribution in [-0.2, 0) is 4.79 Å². The summed E-state index contributed by atoms with van der Waals surface area (Å²) in [6.45, 7) is 0.835. The first kappa shape index (κ1) is 22.4. The largest absolute Gasteiger partial charge is 0.497 e. The Morgan fingerprint density at radius 1 is 1.29 bits per heavy atom. The summed E-state index contributed by atoms with van der Waals surface area (Å²) < 4.78 is 5.20. The molecule has 1 aromatic carbocycles. The molecule has 2 atom stereocenters. The zero-order chi connectivity index (χ0) is 20.6. The van der Waals surface area contributed by atoms with Gasteiger partial charge in [-0.05, 0) is 61.8 Å². The molecular weight excluding hydrogens is 359 g/mol. The number of nitrogens with one attached hydrogen (secondary N) is 1. The van der Waals surface area contributed by atoms with Crippen molar-refractivity contribution in [3.05, 3.63) is 35.9 Å². The number of methoxy groups -OCH3 is 1. The molecule has 0 spiro atoms. The zero-order valence-corrected chi connectivity index (χ0v) is 16.4. The Kier molecular flexibility index (Phi) is 8.50. The predicted octanol–water partition coefficient (Wildman–Crippen LogP) is 1.65. The van der Waals surface area contributed by atoms with Crippen LogP contribution in [0.4, 0.5) is 0 Å². The number of hydrogen-bond acceptors (Lipinski definition) is 6. The van der Waals surface area contributed by atoms with Crippen LogP contribution in [0.15, 0.2) is 30.3 Å². The fourth-order valence-electron chi connectivity index (χ4n) is 3.53. The fourth-order valence-corrected chi connectivity index (χ4v) is 3.53. The molecule has 0 saturated heterocycles. The summed E-state index contributed by atoms with van der Waals surface area (Å²) in [6.07, 6.45) is 5.69. The van der Waals surface area contributed by atoms with Gasteiger partial charge in [0.05, 0.1) is 7.11 Å². The molecule has 0 saturated carbocycles. The Bertz CT molecular complexity index is 665. The molecule has 0 radical (unpaired) electrons. The molecule has 1 aliphatic rings. The average molecular weight is 390 g/mol. The molecule has 7 nitrogen and oxygen atoms in total. The summed E-state index contributed by atoms with van der Waals surface area (Å²) in [5.41, 5.74) is 7.25. The van der Waals surface area contributed by atoms with Crippen LogP contribution in [0, 0.1) is 0 Å². The predicted molar refractivity (Wildman–Crippen MR) is 110 cm³/mol. The number of carbonyl (C=O) groups is 1. The second-order valence-corrected chi connectivity index (χ2v) is 7.46. The van der Waals surface area contributed by atoms with Gasteiger partial charge >= 0.3 is 13.1 Å². The van der Waals surface area contributed by atoms with Crippen LogP contribution in [0.5, 0.6) is 5.75 Å². The van der Waals surface area contributed by atoms with Crippen molar-refractivity contribution in [1.82, 2.24) is 5.32 Å². The van der Waals surface area contributed by atoms with E-state index in [1.807, 2.05) is 24.3 Å². The first-order valence-electron chi connectivity index (χ1n) is 9.81. The topological polar surface area (TPSA) is 125 Å². The number of nitrogens with two attached hydrogens (primary N) is 1. The maximum Gasteiger partial charge on any atom is 0.451 e. The van der Waals surface area contributed by atoms with Gasteiger partial charge in [0.2, 0.25) is 0 Å². The molecule has 0 aliphatic carbocycles. The third-order valence-electron chi connectivity index (χ3n) is 5.33. The van der Waals surface area contributed by atoms with Gasteiger partial charge in [0.25, 0.3) is 0 Å². The highest BCUT2D eigenvalue weighted by Gasteiger charge is 2.34. The Balaban J connectivity index is 1.95. The van der Waals surface area contributed by atoms with Crippen molar-refractivity contribution in [3.8, 4) is 5.75 Å². The summed E-state index contributed by atoms with van der Waals surface area (Å²) in [7, 11) is 0.285. The Morgan fingerprint density at radius 2 is 2.00 bits per heavy atom. The van der Waals surface area contributed by atoms with E-state index in [0.717, 1.165) is 24.3 Å². The van der Waals surface area contributed by atoms with E-state index < -0.39 is 18.6 Å². The minimum Gasteiger partial charge on any atom is -0.497 e. The van der Waals surface area contributed by atoms with Gasteiger partial charge < -0.3 is 30.9 Å². The maximum absolute atomic E-state index is 11.7. The molecule has 28 heavy (non-hydrogen) atoms. The molecule has 1 heterocycles. The zero-order valence-electron chi connectivity index (χ0n) is 16.4. The van der Waals surface area contributed by atoms with Gasteiger partial charge in [0.15, 0.2) is 0 Å². The number of hydrogen-bond donors (Lipinski definition) is 5. The average Bonchev–Trinajstić information content (AvgIpc) is 2.70. The lowest BCUT2D eigenvalue weighted by atomic mass is 9.80. The second kappa shape index (κ2) is 10.6. The summed E-state index contributed by atoms with van der Waals surface area (Å²) >= 11 is 0. The van der Waals surface area contributed by atoms with E-state index >= 15 is 0 Å². The van der Waals surface area contributed by atoms with Crippen molar-refractivity contribution in [2.24, 2.45) is 5.73 Å². The standard InChI is InChI=1S/C20H31BN2O5/c1-28-18-6-4-15(5-7-18)16-9-13-23-17(14-16)8-11-20(22,19(24)25)10-2-3-12-21(26)27/h4-7,14,17,23,26-27H,2-3,8-13,22H2,1H3,(H,24,25). The highest BCUT2D eigenvalue weighted by Crippen LogP contribution is 2.26. The van der Waals surface area contributed by atoms with E-state index in [2.05, 4.69) is 11.4 Å². The molecule has 1 aliphatic heterocycles. The fraction of sp³-hybridized carbons (Fsp3) is 0.550. The lowest BCUT2D eigenvalue weighted by molar-refractivity contribution is -0.144. The molecule has 6 N–H and O–H groups in total. The third kappa shape index (κ3) is 6.63. The minimum atomic E-state index is -1.36. The van der Waals surface area contributed by atoms with Crippen molar-refractivity contribution in [3.63, 3.8) is 0 Å². The monoisotopic (exact) mass is 390 g/mol. The van der Waals surface area contributed by atoms with E-state index in [9.17, 15) is 9.90 Å². The first-order valence-corrected chi connectivity index (χ1v) is 9.81. The number of ether oxygens (including phenoxy) is 1. The molecule has 2 unspecified atom stereocenters. The van der Waals surface area contributed by atoms with Crippen molar-refractivity contribution in [1.29, 1.82) is 0 Å². The summed E-state index contributed by atoms with van der Waals surface area (Å²) in [5, 5.41) is 30.8. The molecule has 8 heteroatoms. The van der Waals surface area contributed by atoms with Crippen molar-refractivity contribution in [2.45, 2.75) is 56.4 Å². The van der Waals surface area contributed by atoms with E-state index in [-0.39, 0.29) is 12.4 Å². The number of rotatable bonds is 11. The lowest BCUT2D eigenvalue weighted by Gasteiger charge is -2.29. The van der Waals surface area contributed by atoms with Crippen LogP contribution < -0.4 is 15.8 Å². The van der Waals surface area contributed by atoms with Gasteiger partial charge in [-0.2, -0.15) is 0 Å². The summed E-state index contributed by atoms with van der Waals surface area (Å²) in [6, 6.07) is 8.02. The first-order chi connectivity index (χ1) is 13.3. The normalized spacial score (nSPS) is 18.9. The van der Waals surface area contributed by atoms with Gasteiger partial charge in [-0.1, -0.05) is 31.1 Å². The minimum absolute atomic E-state index is 0.0763. The summed E-state index contributed by atoms with van der Waals surface area (Å²) in [5.74, 6) is -0.190. The van der Waals surface area contributed by atoms with Crippen LogP contribution in [0.3, 0.4) is 0 Å². The third-order valence-corrected chi connectivity index (χ3v) is 5.33. The van der Waals surface area contributed by atoms with Gasteiger partial charge in [-0.3, -0.25) is 4.79 Å². The number of carboxylic acids is 1. The lowest BCUT2D eigenvalue weighted by Crippen LogP contribution is -2.49. The molecular formula is C20H31BN2O5. The van der Waals surface area contributed by atoms with E-state index in [0.29, 0.717) is 32.1 Å². The molecule has 0 bridgehead atoms. The Hall–Kier alpha value is -1.87. The van der Waals surface area contributed by atoms with Crippen molar-refractivity contribution in [2.75, 3.05) is 13.7 Å². The van der Waals surface area contributed by atoms with Gasteiger partial charge in [-0.25, -0.2) is 0 Å². The highest BCUT2D eigenvalue weighted by molar-refractivity contribution is 6.40. The number of aliphatic carboxylic acids is 1. The molecule has 0 amide bonds. The van der Waals surface area contributed by atoms with Crippen LogP contribution in [0.25, 0.3) is 5.57 Å². The highest BCUT2D eigenvalue weighted by atomic mass is 16.5. The molecule has 0 fully saturated rings. The van der Waals surface area contributed by atoms with Crippen LogP contribution in [-0.4, -0.2) is 53.5 Å². The number of unbranched alkanes of at least 4 members (excludes halogenated alkanes) is 1. The van der Waals surface area contributed by atoms with Gasteiger partial charge in [0, 0.05) is 6.04 Å². The second-order valence-electron chi connectivity index (χ2n) is 7.46. The van der Waals surface area contributed by atoms with Gasteiger partial charge in [0.1, 0.15) is 11.3 Å². The molecule has 0 aromatic heterocycles. The smallest absolute Gasteiger partial charge is 0.451 e. The van der Waals surface area contributed by atoms with Crippen LogP contribution >= 0.6 is 0 Å². The van der Waals surface area contributed by atoms with Crippen molar-refractivity contribution >= 4 is 18.7 Å². The number of benzene rings is 1. The number of carboxylic acid groups (broad SMARTS) is 1. The van der Waals surface area contributed by atoms with Crippen LogP contribution in [0.1, 0.15) is 44.1 Å². The summed E-state index contributed by atoms with van der Waals surface area (Å²) in [4.78, 5) is 11.7. The Labute approximate surface area is 166 Å². The SMILES string of the molecule is COc1ccc(C2=CC(CCC(N)(CCCCB(O)O)C(=O)O)NCC2)cc1. The van der Waals surface area contributed by atoms with E-state index in [4.69, 9.17) is 20.5 Å². The van der Waals surface area contributed by atoms with E-state index in [1.54, 1.807) is 7.11 Å². The van der Waals surface area contributed by atoms with Gasteiger partial charge in [-0.15, -0.1) is 0 Å². The molecule has 154 valence electrons. The van der Waals surface area contributed by atoms with Crippen LogP contribution in [0.2, 0.25) is 6.32 Å². The molecule has 2 rings (SSSR count). The molecule has 1 aromatic rings. The van der Waals surface area contributed by atoms with Crippen molar-refractivity contribution < 1.29 is 24.7 Å². The Morgan fingerprint density at radius 3 is 2.61 bits per heavy atom. The maximum atomic E-state index is 11.7. The quantitative estimate of drug-likeness (QED) is 0.287.